The first kappa shape index (κ1) is 19.9. The lowest BCUT2D eigenvalue weighted by atomic mass is 9.86. The van der Waals surface area contributed by atoms with Gasteiger partial charge < -0.3 is 10.1 Å². The van der Waals surface area contributed by atoms with E-state index in [4.69, 9.17) is 4.74 Å². The molecule has 3 aromatic rings. The van der Waals surface area contributed by atoms with Crippen molar-refractivity contribution in [2.24, 2.45) is 0 Å². The second-order valence-corrected chi connectivity index (χ2v) is 8.77. The van der Waals surface area contributed by atoms with Crippen molar-refractivity contribution < 1.29 is 22.3 Å². The van der Waals surface area contributed by atoms with E-state index in [1.54, 1.807) is 35.3 Å². The lowest BCUT2D eigenvalue weighted by Crippen LogP contribution is -2.24. The molecule has 0 aliphatic carbocycles. The van der Waals surface area contributed by atoms with Crippen LogP contribution in [0.2, 0.25) is 0 Å². The number of anilines is 2. The van der Waals surface area contributed by atoms with Crippen LogP contribution in [0.4, 0.5) is 15.8 Å². The number of carbonyl (C=O) groups is 1. The summed E-state index contributed by atoms with van der Waals surface area (Å²) in [6, 6.07) is 9.28. The van der Waals surface area contributed by atoms with E-state index in [1.165, 1.54) is 25.3 Å². The number of methoxy groups -OCH3 is 1. The van der Waals surface area contributed by atoms with Gasteiger partial charge in [-0.15, -0.1) is 0 Å². The van der Waals surface area contributed by atoms with Gasteiger partial charge in [0.2, 0.25) is 15.9 Å². The maximum atomic E-state index is 13.5. The Morgan fingerprint density at radius 2 is 2.10 bits per heavy atom. The average Bonchev–Trinajstić information content (AvgIpc) is 3.15. The third kappa shape index (κ3) is 3.99. The van der Waals surface area contributed by atoms with E-state index in [-0.39, 0.29) is 29.8 Å². The summed E-state index contributed by atoms with van der Waals surface area (Å²) in [4.78, 5) is 12.3. The highest BCUT2D eigenvalue weighted by Crippen LogP contribution is 2.42. The van der Waals surface area contributed by atoms with Crippen LogP contribution in [0, 0.1) is 5.82 Å². The van der Waals surface area contributed by atoms with Gasteiger partial charge in [-0.2, -0.15) is 5.10 Å². The van der Waals surface area contributed by atoms with Crippen molar-refractivity contribution >= 4 is 27.3 Å². The van der Waals surface area contributed by atoms with E-state index in [0.29, 0.717) is 17.1 Å². The smallest absolute Gasteiger partial charge is 0.229 e. The Labute approximate surface area is 172 Å². The fourth-order valence-corrected chi connectivity index (χ4v) is 4.07. The number of rotatable bonds is 5. The molecule has 10 heteroatoms. The second-order valence-electron chi connectivity index (χ2n) is 7.02. The lowest BCUT2D eigenvalue weighted by Gasteiger charge is -2.26. The van der Waals surface area contributed by atoms with Crippen molar-refractivity contribution in [2.45, 2.75) is 12.3 Å². The van der Waals surface area contributed by atoms with Crippen LogP contribution in [-0.4, -0.2) is 37.5 Å². The molecule has 1 aromatic heterocycles. The third-order valence-corrected chi connectivity index (χ3v) is 5.37. The molecule has 156 valence electrons. The molecule has 8 nitrogen and oxygen atoms in total. The van der Waals surface area contributed by atoms with Crippen LogP contribution < -0.4 is 14.8 Å². The summed E-state index contributed by atoms with van der Waals surface area (Å²) in [6.45, 7) is 0. The molecule has 2 heterocycles. The van der Waals surface area contributed by atoms with Crippen LogP contribution >= 0.6 is 0 Å². The Kier molecular flexibility index (Phi) is 4.94. The molecule has 0 saturated carbocycles. The summed E-state index contributed by atoms with van der Waals surface area (Å²) in [5, 5.41) is 7.08. The molecule has 1 aliphatic rings. The number of amides is 1. The van der Waals surface area contributed by atoms with Crippen molar-refractivity contribution in [1.29, 1.82) is 0 Å². The van der Waals surface area contributed by atoms with E-state index in [9.17, 15) is 17.6 Å². The van der Waals surface area contributed by atoms with Gasteiger partial charge in [0.25, 0.3) is 0 Å². The molecule has 0 radical (unpaired) electrons. The zero-order valence-corrected chi connectivity index (χ0v) is 17.0. The van der Waals surface area contributed by atoms with Crippen LogP contribution in [0.5, 0.6) is 5.75 Å². The Balaban J connectivity index is 1.76. The number of ether oxygens (including phenoxy) is 1. The molecular weight excluding hydrogens is 411 g/mol. The molecule has 30 heavy (non-hydrogen) atoms. The van der Waals surface area contributed by atoms with E-state index in [0.717, 1.165) is 17.4 Å². The molecular formula is C20H19FN4O4S. The molecule has 1 unspecified atom stereocenters. The van der Waals surface area contributed by atoms with Gasteiger partial charge in [-0.05, 0) is 41.5 Å². The first-order valence-electron chi connectivity index (χ1n) is 9.03. The number of halogens is 1. The van der Waals surface area contributed by atoms with Gasteiger partial charge in [-0.25, -0.2) is 17.5 Å². The summed E-state index contributed by atoms with van der Waals surface area (Å²) in [5.41, 5.74) is 2.81. The highest BCUT2D eigenvalue weighted by atomic mass is 32.2. The maximum Gasteiger partial charge on any atom is 0.229 e. The van der Waals surface area contributed by atoms with E-state index >= 15 is 0 Å². The minimum atomic E-state index is -3.53. The topological polar surface area (TPSA) is 102 Å². The van der Waals surface area contributed by atoms with Gasteiger partial charge >= 0.3 is 0 Å². The van der Waals surface area contributed by atoms with Gasteiger partial charge in [-0.1, -0.05) is 6.07 Å². The first-order chi connectivity index (χ1) is 14.2. The van der Waals surface area contributed by atoms with Crippen molar-refractivity contribution in [2.75, 3.05) is 23.4 Å². The molecule has 2 aromatic carbocycles. The van der Waals surface area contributed by atoms with Crippen LogP contribution in [-0.2, 0) is 14.8 Å². The highest BCUT2D eigenvalue weighted by Gasteiger charge is 2.29. The predicted molar refractivity (Wildman–Crippen MR) is 110 cm³/mol. The third-order valence-electron chi connectivity index (χ3n) is 4.78. The quantitative estimate of drug-likeness (QED) is 0.648. The molecule has 0 spiro atoms. The van der Waals surface area contributed by atoms with Crippen molar-refractivity contribution in [3.8, 4) is 11.4 Å². The van der Waals surface area contributed by atoms with Crippen LogP contribution in [0.25, 0.3) is 5.69 Å². The molecule has 1 atom stereocenters. The summed E-state index contributed by atoms with van der Waals surface area (Å²) in [7, 11) is -2.09. The molecule has 1 amide bonds. The standard InChI is InChI=1S/C20H19FN4O4S/c1-29-19-7-16-15(8-20(26)23-17(16)9-18(19)24-30(2,27)28)12-10-22-25(11-12)14-5-3-4-13(21)6-14/h3-7,9-11,15,24H,8H2,1-2H3,(H,23,26). The number of nitrogens with one attached hydrogen (secondary N) is 2. The lowest BCUT2D eigenvalue weighted by molar-refractivity contribution is -0.116. The molecule has 4 rings (SSSR count). The maximum absolute atomic E-state index is 13.5. The number of aromatic nitrogens is 2. The Morgan fingerprint density at radius 3 is 2.80 bits per heavy atom. The van der Waals surface area contributed by atoms with Crippen molar-refractivity contribution in [3.05, 3.63) is 65.7 Å². The SMILES string of the molecule is COc1cc2c(cc1NS(C)(=O)=O)NC(=O)CC2c1cnn(-c2cccc(F)c2)c1. The number of hydrogen-bond donors (Lipinski definition) is 2. The number of nitrogens with zero attached hydrogens (tertiary/aromatic N) is 2. The van der Waals surface area contributed by atoms with Gasteiger partial charge in [0.15, 0.2) is 0 Å². The summed E-state index contributed by atoms with van der Waals surface area (Å²) in [5.74, 6) is -0.570. The molecule has 2 N–H and O–H groups in total. The second kappa shape index (κ2) is 7.45. The zero-order valence-electron chi connectivity index (χ0n) is 16.2. The van der Waals surface area contributed by atoms with Crippen LogP contribution in [0.15, 0.2) is 48.8 Å². The van der Waals surface area contributed by atoms with Crippen molar-refractivity contribution in [3.63, 3.8) is 0 Å². The van der Waals surface area contributed by atoms with Gasteiger partial charge in [0, 0.05) is 24.2 Å². The van der Waals surface area contributed by atoms with Crippen molar-refractivity contribution in [1.82, 2.24) is 9.78 Å². The van der Waals surface area contributed by atoms with Gasteiger partial charge in [0.1, 0.15) is 11.6 Å². The summed E-state index contributed by atoms with van der Waals surface area (Å²) in [6.07, 6.45) is 4.60. The summed E-state index contributed by atoms with van der Waals surface area (Å²) >= 11 is 0. The van der Waals surface area contributed by atoms with E-state index in [2.05, 4.69) is 15.1 Å². The van der Waals surface area contributed by atoms with E-state index in [1.807, 2.05) is 0 Å². The minimum absolute atomic E-state index is 0.184. The molecule has 0 fully saturated rings. The fraction of sp³-hybridized carbons (Fsp3) is 0.200. The number of hydrogen-bond acceptors (Lipinski definition) is 5. The number of sulfonamides is 1. The molecule has 1 aliphatic heterocycles. The van der Waals surface area contributed by atoms with Crippen LogP contribution in [0.1, 0.15) is 23.5 Å². The van der Waals surface area contributed by atoms with E-state index < -0.39 is 10.0 Å². The average molecular weight is 430 g/mol. The predicted octanol–water partition coefficient (Wildman–Crippen LogP) is 2.87. The first-order valence-corrected chi connectivity index (χ1v) is 10.9. The Morgan fingerprint density at radius 1 is 1.30 bits per heavy atom. The minimum Gasteiger partial charge on any atom is -0.495 e. The fourth-order valence-electron chi connectivity index (χ4n) is 3.51. The van der Waals surface area contributed by atoms with Crippen LogP contribution in [0.3, 0.4) is 0 Å². The molecule has 0 saturated heterocycles. The molecule has 0 bridgehead atoms. The number of fused-ring (bicyclic) bond motifs is 1. The Bertz CT molecular complexity index is 1240. The summed E-state index contributed by atoms with van der Waals surface area (Å²) < 4.78 is 46.2. The highest BCUT2D eigenvalue weighted by molar-refractivity contribution is 7.92. The zero-order chi connectivity index (χ0) is 21.5. The number of carbonyl (C=O) groups excluding carboxylic acids is 1. The largest absolute Gasteiger partial charge is 0.495 e. The monoisotopic (exact) mass is 430 g/mol. The normalized spacial score (nSPS) is 16.0. The van der Waals surface area contributed by atoms with Gasteiger partial charge in [-0.3, -0.25) is 9.52 Å². The van der Waals surface area contributed by atoms with Gasteiger partial charge in [0.05, 0.1) is 30.9 Å². The number of benzene rings is 2. The Hall–Kier alpha value is -3.40.